The first-order chi connectivity index (χ1) is 8.91. The third-order valence-corrected chi connectivity index (χ3v) is 2.79. The lowest BCUT2D eigenvalue weighted by atomic mass is 9.98. The summed E-state index contributed by atoms with van der Waals surface area (Å²) < 4.78 is 51.2. The Balaban J connectivity index is 2.56. The molecule has 0 aliphatic carbocycles. The minimum atomic E-state index is -4.42. The minimum Gasteiger partial charge on any atom is -0.326 e. The normalized spacial score (nSPS) is 11.6. The van der Waals surface area contributed by atoms with Crippen LogP contribution in [0.4, 0.5) is 17.6 Å². The highest BCUT2D eigenvalue weighted by Gasteiger charge is 2.30. The molecule has 0 amide bonds. The van der Waals surface area contributed by atoms with E-state index in [-0.39, 0.29) is 6.54 Å². The predicted molar refractivity (Wildman–Crippen MR) is 64.7 cm³/mol. The van der Waals surface area contributed by atoms with Crippen LogP contribution in [-0.2, 0) is 12.7 Å². The van der Waals surface area contributed by atoms with E-state index in [1.165, 1.54) is 30.3 Å². The highest BCUT2D eigenvalue weighted by Crippen LogP contribution is 2.33. The van der Waals surface area contributed by atoms with Crippen molar-refractivity contribution >= 4 is 0 Å². The third-order valence-electron chi connectivity index (χ3n) is 2.79. The molecule has 0 saturated heterocycles. The molecule has 1 nitrogen and oxygen atoms in total. The van der Waals surface area contributed by atoms with Crippen molar-refractivity contribution in [1.29, 1.82) is 0 Å². The molecular weight excluding hydrogens is 258 g/mol. The number of halogens is 4. The highest BCUT2D eigenvalue weighted by molar-refractivity contribution is 5.68. The van der Waals surface area contributed by atoms with Crippen LogP contribution in [0.2, 0.25) is 0 Å². The Morgan fingerprint density at radius 1 is 1.00 bits per heavy atom. The number of benzene rings is 2. The van der Waals surface area contributed by atoms with Gasteiger partial charge in [-0.3, -0.25) is 0 Å². The molecule has 2 rings (SSSR count). The summed E-state index contributed by atoms with van der Waals surface area (Å²) in [7, 11) is 0. The molecule has 0 saturated carbocycles. The first-order valence-electron chi connectivity index (χ1n) is 5.58. The van der Waals surface area contributed by atoms with Crippen molar-refractivity contribution in [3.63, 3.8) is 0 Å². The summed E-state index contributed by atoms with van der Waals surface area (Å²) in [6.45, 7) is 0.131. The first-order valence-corrected chi connectivity index (χ1v) is 5.58. The SMILES string of the molecule is NCc1ccc(F)cc1-c1cccc(C(F)(F)F)c1. The van der Waals surface area contributed by atoms with Gasteiger partial charge in [-0.2, -0.15) is 13.2 Å². The predicted octanol–water partition coefficient (Wildman–Crippen LogP) is 3.97. The van der Waals surface area contributed by atoms with Gasteiger partial charge in [-0.15, -0.1) is 0 Å². The monoisotopic (exact) mass is 269 g/mol. The lowest BCUT2D eigenvalue weighted by Crippen LogP contribution is -2.05. The fraction of sp³-hybridized carbons (Fsp3) is 0.143. The smallest absolute Gasteiger partial charge is 0.326 e. The molecule has 0 spiro atoms. The van der Waals surface area contributed by atoms with Crippen molar-refractivity contribution in [2.75, 3.05) is 0 Å². The number of hydrogen-bond acceptors (Lipinski definition) is 1. The number of nitrogens with two attached hydrogens (primary N) is 1. The Hall–Kier alpha value is -1.88. The summed E-state index contributed by atoms with van der Waals surface area (Å²) >= 11 is 0. The fourth-order valence-corrected chi connectivity index (χ4v) is 1.86. The van der Waals surface area contributed by atoms with Gasteiger partial charge in [0, 0.05) is 6.54 Å². The molecule has 2 aromatic rings. The summed E-state index contributed by atoms with van der Waals surface area (Å²) in [5.41, 5.74) is 6.03. The lowest BCUT2D eigenvalue weighted by Gasteiger charge is -2.11. The van der Waals surface area contributed by atoms with E-state index in [0.717, 1.165) is 12.1 Å². The summed E-state index contributed by atoms with van der Waals surface area (Å²) in [6, 6.07) is 8.67. The molecular formula is C14H11F4N. The second kappa shape index (κ2) is 5.01. The molecule has 0 aliphatic heterocycles. The zero-order chi connectivity index (χ0) is 14.0. The minimum absolute atomic E-state index is 0.131. The Bertz CT molecular complexity index is 590. The van der Waals surface area contributed by atoms with Gasteiger partial charge in [0.1, 0.15) is 5.82 Å². The van der Waals surface area contributed by atoms with Crippen LogP contribution in [0.5, 0.6) is 0 Å². The van der Waals surface area contributed by atoms with E-state index in [1.807, 2.05) is 0 Å². The maximum absolute atomic E-state index is 13.2. The fourth-order valence-electron chi connectivity index (χ4n) is 1.86. The van der Waals surface area contributed by atoms with Crippen molar-refractivity contribution in [2.45, 2.75) is 12.7 Å². The molecule has 0 atom stereocenters. The average molecular weight is 269 g/mol. The van der Waals surface area contributed by atoms with E-state index in [4.69, 9.17) is 5.73 Å². The van der Waals surface area contributed by atoms with Gasteiger partial charge in [0.25, 0.3) is 0 Å². The van der Waals surface area contributed by atoms with Crippen LogP contribution in [0.1, 0.15) is 11.1 Å². The molecule has 0 bridgehead atoms. The second-order valence-corrected chi connectivity index (χ2v) is 4.08. The summed E-state index contributed by atoms with van der Waals surface area (Å²) in [6.07, 6.45) is -4.42. The topological polar surface area (TPSA) is 26.0 Å². The molecule has 100 valence electrons. The standard InChI is InChI=1S/C14H11F4N/c15-12-5-4-10(8-19)13(7-12)9-2-1-3-11(6-9)14(16,17)18/h1-7H,8,19H2. The average Bonchev–Trinajstić information content (AvgIpc) is 2.38. The Labute approximate surface area is 107 Å². The van der Waals surface area contributed by atoms with Gasteiger partial charge in [-0.25, -0.2) is 4.39 Å². The summed E-state index contributed by atoms with van der Waals surface area (Å²) in [5.74, 6) is -0.510. The first kappa shape index (κ1) is 13.5. The lowest BCUT2D eigenvalue weighted by molar-refractivity contribution is -0.137. The van der Waals surface area contributed by atoms with E-state index in [2.05, 4.69) is 0 Å². The molecule has 2 aromatic carbocycles. The van der Waals surface area contributed by atoms with Gasteiger partial charge in [-0.1, -0.05) is 18.2 Å². The molecule has 0 unspecified atom stereocenters. The van der Waals surface area contributed by atoms with Crippen LogP contribution in [0.15, 0.2) is 42.5 Å². The van der Waals surface area contributed by atoms with Crippen LogP contribution >= 0.6 is 0 Å². The molecule has 0 aromatic heterocycles. The zero-order valence-electron chi connectivity index (χ0n) is 9.84. The van der Waals surface area contributed by atoms with E-state index < -0.39 is 17.6 Å². The molecule has 19 heavy (non-hydrogen) atoms. The van der Waals surface area contributed by atoms with Crippen molar-refractivity contribution in [3.8, 4) is 11.1 Å². The quantitative estimate of drug-likeness (QED) is 0.820. The highest BCUT2D eigenvalue weighted by atomic mass is 19.4. The Morgan fingerprint density at radius 3 is 2.37 bits per heavy atom. The van der Waals surface area contributed by atoms with Crippen LogP contribution in [0.3, 0.4) is 0 Å². The maximum atomic E-state index is 13.2. The number of rotatable bonds is 2. The Kier molecular flexibility index (Phi) is 3.57. The molecule has 5 heteroatoms. The van der Waals surface area contributed by atoms with Crippen LogP contribution in [-0.4, -0.2) is 0 Å². The third kappa shape index (κ3) is 2.93. The summed E-state index contributed by atoms with van der Waals surface area (Å²) in [4.78, 5) is 0. The van der Waals surface area contributed by atoms with E-state index >= 15 is 0 Å². The molecule has 0 radical (unpaired) electrons. The number of alkyl halides is 3. The van der Waals surface area contributed by atoms with Crippen molar-refractivity contribution in [1.82, 2.24) is 0 Å². The molecule has 0 heterocycles. The molecule has 0 aliphatic rings. The van der Waals surface area contributed by atoms with Crippen molar-refractivity contribution in [2.24, 2.45) is 5.73 Å². The van der Waals surface area contributed by atoms with Gasteiger partial charge in [0.15, 0.2) is 0 Å². The van der Waals surface area contributed by atoms with Gasteiger partial charge >= 0.3 is 6.18 Å². The second-order valence-electron chi connectivity index (χ2n) is 4.08. The summed E-state index contributed by atoms with van der Waals surface area (Å²) in [5, 5.41) is 0. The largest absolute Gasteiger partial charge is 0.416 e. The van der Waals surface area contributed by atoms with E-state index in [9.17, 15) is 17.6 Å². The van der Waals surface area contributed by atoms with E-state index in [1.54, 1.807) is 0 Å². The number of hydrogen-bond donors (Lipinski definition) is 1. The van der Waals surface area contributed by atoms with Gasteiger partial charge in [0.05, 0.1) is 5.56 Å². The van der Waals surface area contributed by atoms with Crippen LogP contribution in [0.25, 0.3) is 11.1 Å². The maximum Gasteiger partial charge on any atom is 0.416 e. The zero-order valence-corrected chi connectivity index (χ0v) is 9.84. The van der Waals surface area contributed by atoms with E-state index in [0.29, 0.717) is 16.7 Å². The van der Waals surface area contributed by atoms with Gasteiger partial charge in [0.2, 0.25) is 0 Å². The Morgan fingerprint density at radius 2 is 1.74 bits per heavy atom. The van der Waals surface area contributed by atoms with Gasteiger partial charge < -0.3 is 5.73 Å². The van der Waals surface area contributed by atoms with Crippen LogP contribution in [0, 0.1) is 5.82 Å². The van der Waals surface area contributed by atoms with Crippen LogP contribution < -0.4 is 5.73 Å². The van der Waals surface area contributed by atoms with Gasteiger partial charge in [-0.05, 0) is 41.0 Å². The van der Waals surface area contributed by atoms with Crippen molar-refractivity contribution in [3.05, 3.63) is 59.4 Å². The van der Waals surface area contributed by atoms with Crippen molar-refractivity contribution < 1.29 is 17.6 Å². The molecule has 2 N–H and O–H groups in total. The molecule has 0 fully saturated rings.